The molecule has 1 N–H and O–H groups in total. The van der Waals surface area contributed by atoms with Gasteiger partial charge in [-0.3, -0.25) is 10.1 Å². The number of aliphatic hydroxyl groups is 1. The lowest BCUT2D eigenvalue weighted by Crippen LogP contribution is -2.23. The molecule has 0 aromatic heterocycles. The first-order chi connectivity index (χ1) is 11.5. The molecule has 128 valence electrons. The predicted molar refractivity (Wildman–Crippen MR) is 85.4 cm³/mol. The lowest BCUT2D eigenvalue weighted by molar-refractivity contribution is -0.386. The second-order valence-electron chi connectivity index (χ2n) is 5.25. The summed E-state index contributed by atoms with van der Waals surface area (Å²) >= 11 is 0. The monoisotopic (exact) mass is 335 g/mol. The molecule has 0 bridgehead atoms. The van der Waals surface area contributed by atoms with Crippen molar-refractivity contribution < 1.29 is 23.9 Å². The molecule has 24 heavy (non-hydrogen) atoms. The summed E-state index contributed by atoms with van der Waals surface area (Å²) in [5, 5.41) is 20.9. The molecule has 0 heterocycles. The van der Waals surface area contributed by atoms with E-state index in [1.54, 1.807) is 37.3 Å². The van der Waals surface area contributed by atoms with Gasteiger partial charge in [0.05, 0.1) is 18.1 Å². The SMILES string of the molecule is Cc1cccc(OCC(O)COCc2ccccc2F)c1[N+](=O)[O-]. The number of ether oxygens (including phenoxy) is 2. The molecule has 0 radical (unpaired) electrons. The average molecular weight is 335 g/mol. The number of aliphatic hydroxyl groups excluding tert-OH is 1. The number of nitro groups is 1. The molecule has 7 heteroatoms. The molecule has 2 rings (SSSR count). The van der Waals surface area contributed by atoms with Crippen molar-refractivity contribution in [1.82, 2.24) is 0 Å². The van der Waals surface area contributed by atoms with E-state index >= 15 is 0 Å². The maximum atomic E-state index is 13.4. The second kappa shape index (κ2) is 8.37. The first kappa shape index (κ1) is 17.8. The minimum atomic E-state index is -0.989. The van der Waals surface area contributed by atoms with Crippen LogP contribution in [-0.2, 0) is 11.3 Å². The highest BCUT2D eigenvalue weighted by Gasteiger charge is 2.19. The molecule has 2 aromatic rings. The number of nitrogens with zero attached hydrogens (tertiary/aromatic N) is 1. The summed E-state index contributed by atoms with van der Waals surface area (Å²) in [7, 11) is 0. The van der Waals surface area contributed by atoms with Crippen molar-refractivity contribution in [2.24, 2.45) is 0 Å². The highest BCUT2D eigenvalue weighted by Crippen LogP contribution is 2.30. The van der Waals surface area contributed by atoms with Crippen LogP contribution in [0.3, 0.4) is 0 Å². The summed E-state index contributed by atoms with van der Waals surface area (Å²) in [4.78, 5) is 10.5. The Morgan fingerprint density at radius 2 is 1.96 bits per heavy atom. The standard InChI is InChI=1S/C17H18FNO5/c1-12-5-4-8-16(17(12)19(21)22)24-11-14(20)10-23-9-13-6-2-3-7-15(13)18/h2-8,14,20H,9-11H2,1H3. The Labute approximate surface area is 138 Å². The van der Waals surface area contributed by atoms with Gasteiger partial charge < -0.3 is 14.6 Å². The molecule has 0 amide bonds. The Morgan fingerprint density at radius 3 is 2.67 bits per heavy atom. The van der Waals surface area contributed by atoms with Crippen LogP contribution in [0.2, 0.25) is 0 Å². The van der Waals surface area contributed by atoms with E-state index in [4.69, 9.17) is 9.47 Å². The first-order valence-corrected chi connectivity index (χ1v) is 7.35. The van der Waals surface area contributed by atoms with Crippen LogP contribution in [0.25, 0.3) is 0 Å². The Hall–Kier alpha value is -2.51. The predicted octanol–water partition coefficient (Wildman–Crippen LogP) is 3.00. The van der Waals surface area contributed by atoms with Gasteiger partial charge in [-0.1, -0.05) is 30.3 Å². The van der Waals surface area contributed by atoms with Crippen molar-refractivity contribution in [2.75, 3.05) is 13.2 Å². The summed E-state index contributed by atoms with van der Waals surface area (Å²) in [6, 6.07) is 10.9. The lowest BCUT2D eigenvalue weighted by atomic mass is 10.2. The van der Waals surface area contributed by atoms with Crippen LogP contribution in [-0.4, -0.2) is 29.3 Å². The van der Waals surface area contributed by atoms with Crippen LogP contribution < -0.4 is 4.74 Å². The van der Waals surface area contributed by atoms with Gasteiger partial charge in [-0.05, 0) is 19.1 Å². The summed E-state index contributed by atoms with van der Waals surface area (Å²) in [5.74, 6) is -0.285. The summed E-state index contributed by atoms with van der Waals surface area (Å²) in [5.41, 5.74) is 0.736. The number of rotatable bonds is 8. The topological polar surface area (TPSA) is 81.8 Å². The zero-order valence-corrected chi connectivity index (χ0v) is 13.1. The van der Waals surface area contributed by atoms with Gasteiger partial charge in [0.15, 0.2) is 5.75 Å². The number of nitro benzene ring substituents is 1. The maximum Gasteiger partial charge on any atom is 0.313 e. The third kappa shape index (κ3) is 4.74. The number of halogens is 1. The summed E-state index contributed by atoms with van der Waals surface area (Å²) in [6.45, 7) is 1.39. The molecule has 0 saturated heterocycles. The van der Waals surface area contributed by atoms with Crippen LogP contribution >= 0.6 is 0 Å². The Morgan fingerprint density at radius 1 is 1.21 bits per heavy atom. The molecule has 2 aromatic carbocycles. The van der Waals surface area contributed by atoms with E-state index < -0.39 is 11.0 Å². The molecular weight excluding hydrogens is 317 g/mol. The van der Waals surface area contributed by atoms with Crippen LogP contribution in [0.15, 0.2) is 42.5 Å². The van der Waals surface area contributed by atoms with E-state index in [1.165, 1.54) is 12.1 Å². The van der Waals surface area contributed by atoms with E-state index in [2.05, 4.69) is 0 Å². The quantitative estimate of drug-likeness (QED) is 0.592. The van der Waals surface area contributed by atoms with Crippen LogP contribution in [0.5, 0.6) is 5.75 Å². The van der Waals surface area contributed by atoms with Crippen molar-refractivity contribution in [3.63, 3.8) is 0 Å². The second-order valence-corrected chi connectivity index (χ2v) is 5.25. The number of aryl methyl sites for hydroxylation is 1. The van der Waals surface area contributed by atoms with E-state index in [0.717, 1.165) is 0 Å². The van der Waals surface area contributed by atoms with E-state index in [-0.39, 0.29) is 37.1 Å². The number of hydrogen-bond donors (Lipinski definition) is 1. The molecule has 0 fully saturated rings. The summed E-state index contributed by atoms with van der Waals surface area (Å²) < 4.78 is 24.0. The normalized spacial score (nSPS) is 12.0. The highest BCUT2D eigenvalue weighted by molar-refractivity contribution is 5.52. The molecule has 6 nitrogen and oxygen atoms in total. The molecule has 0 spiro atoms. The van der Waals surface area contributed by atoms with Gasteiger partial charge >= 0.3 is 5.69 Å². The smallest absolute Gasteiger partial charge is 0.313 e. The molecule has 1 unspecified atom stereocenters. The van der Waals surface area contributed by atoms with Crippen LogP contribution in [0.4, 0.5) is 10.1 Å². The fourth-order valence-electron chi connectivity index (χ4n) is 2.14. The van der Waals surface area contributed by atoms with Crippen molar-refractivity contribution in [2.45, 2.75) is 19.6 Å². The van der Waals surface area contributed by atoms with Crippen molar-refractivity contribution >= 4 is 5.69 Å². The zero-order valence-electron chi connectivity index (χ0n) is 13.1. The average Bonchev–Trinajstić information content (AvgIpc) is 2.54. The Bertz CT molecular complexity index is 707. The Kier molecular flexibility index (Phi) is 6.22. The molecular formula is C17H18FNO5. The van der Waals surface area contributed by atoms with Gasteiger partial charge in [-0.2, -0.15) is 0 Å². The molecule has 0 aliphatic heterocycles. The number of hydrogen-bond acceptors (Lipinski definition) is 5. The maximum absolute atomic E-state index is 13.4. The lowest BCUT2D eigenvalue weighted by Gasteiger charge is -2.13. The van der Waals surface area contributed by atoms with Gasteiger partial charge in [0.1, 0.15) is 18.5 Å². The van der Waals surface area contributed by atoms with E-state index in [1.807, 2.05) is 0 Å². The first-order valence-electron chi connectivity index (χ1n) is 7.35. The largest absolute Gasteiger partial charge is 0.484 e. The fourth-order valence-corrected chi connectivity index (χ4v) is 2.14. The van der Waals surface area contributed by atoms with Crippen molar-refractivity contribution in [1.29, 1.82) is 0 Å². The third-order valence-electron chi connectivity index (χ3n) is 3.34. The molecule has 1 atom stereocenters. The summed E-state index contributed by atoms with van der Waals surface area (Å²) in [6.07, 6.45) is -0.989. The zero-order chi connectivity index (χ0) is 17.5. The number of para-hydroxylation sites is 1. The van der Waals surface area contributed by atoms with Gasteiger partial charge in [0.25, 0.3) is 0 Å². The molecule has 0 aliphatic rings. The van der Waals surface area contributed by atoms with Gasteiger partial charge in [-0.25, -0.2) is 4.39 Å². The minimum Gasteiger partial charge on any atom is -0.484 e. The van der Waals surface area contributed by atoms with Gasteiger partial charge in [0, 0.05) is 11.1 Å². The fraction of sp³-hybridized carbons (Fsp3) is 0.294. The molecule has 0 aliphatic carbocycles. The van der Waals surface area contributed by atoms with Crippen LogP contribution in [0.1, 0.15) is 11.1 Å². The van der Waals surface area contributed by atoms with Crippen molar-refractivity contribution in [3.8, 4) is 5.75 Å². The van der Waals surface area contributed by atoms with Gasteiger partial charge in [-0.15, -0.1) is 0 Å². The minimum absolute atomic E-state index is 0.0221. The highest BCUT2D eigenvalue weighted by atomic mass is 19.1. The number of benzene rings is 2. The van der Waals surface area contributed by atoms with E-state index in [9.17, 15) is 19.6 Å². The van der Waals surface area contributed by atoms with Gasteiger partial charge in [0.2, 0.25) is 0 Å². The van der Waals surface area contributed by atoms with E-state index in [0.29, 0.717) is 11.1 Å². The van der Waals surface area contributed by atoms with Crippen LogP contribution in [0, 0.1) is 22.9 Å². The Balaban J connectivity index is 1.84. The molecule has 0 saturated carbocycles. The van der Waals surface area contributed by atoms with Crippen molar-refractivity contribution in [3.05, 3.63) is 69.5 Å². The third-order valence-corrected chi connectivity index (χ3v) is 3.34.